The van der Waals surface area contributed by atoms with Crippen LogP contribution in [0.1, 0.15) is 23.5 Å². The fourth-order valence-corrected chi connectivity index (χ4v) is 3.61. The molecule has 1 aliphatic rings. The van der Waals surface area contributed by atoms with Crippen molar-refractivity contribution in [3.63, 3.8) is 0 Å². The van der Waals surface area contributed by atoms with Crippen molar-refractivity contribution >= 4 is 31.1 Å². The van der Waals surface area contributed by atoms with Crippen LogP contribution in [0.25, 0.3) is 0 Å². The SMILES string of the molecule is Cc1nc(CC2(S(=O)(=O)Cl)CC2)cs1. The summed E-state index contributed by atoms with van der Waals surface area (Å²) in [5, 5.41) is 2.86. The molecular weight excluding hydrogens is 242 g/mol. The lowest BCUT2D eigenvalue weighted by molar-refractivity contribution is 0.589. The maximum Gasteiger partial charge on any atom is 0.238 e. The third-order valence-corrected chi connectivity index (χ3v) is 5.89. The second-order valence-electron chi connectivity index (χ2n) is 3.66. The topological polar surface area (TPSA) is 47.0 Å². The fraction of sp³-hybridized carbons (Fsp3) is 0.625. The smallest absolute Gasteiger partial charge is 0.238 e. The standard InChI is InChI=1S/C8H10ClNO2S2/c1-6-10-7(5-13-6)4-8(2-3-8)14(9,11)12/h5H,2-4H2,1H3. The average molecular weight is 252 g/mol. The van der Waals surface area contributed by atoms with Gasteiger partial charge in [0, 0.05) is 22.5 Å². The van der Waals surface area contributed by atoms with E-state index in [0.717, 1.165) is 10.7 Å². The lowest BCUT2D eigenvalue weighted by Gasteiger charge is -2.08. The molecule has 0 atom stereocenters. The molecule has 0 unspecified atom stereocenters. The highest BCUT2D eigenvalue weighted by molar-refractivity contribution is 8.15. The first-order valence-corrected chi connectivity index (χ1v) is 7.47. The lowest BCUT2D eigenvalue weighted by Crippen LogP contribution is -2.21. The molecule has 1 aliphatic carbocycles. The van der Waals surface area contributed by atoms with Crippen molar-refractivity contribution in [2.24, 2.45) is 0 Å². The molecule has 1 aromatic heterocycles. The number of aromatic nitrogens is 1. The predicted molar refractivity (Wildman–Crippen MR) is 57.3 cm³/mol. The molecule has 0 aliphatic heterocycles. The molecule has 1 saturated carbocycles. The van der Waals surface area contributed by atoms with Gasteiger partial charge in [-0.1, -0.05) is 0 Å². The van der Waals surface area contributed by atoms with Gasteiger partial charge in [-0.2, -0.15) is 0 Å². The van der Waals surface area contributed by atoms with Crippen LogP contribution in [0.3, 0.4) is 0 Å². The van der Waals surface area contributed by atoms with Crippen molar-refractivity contribution in [1.82, 2.24) is 4.98 Å². The number of aryl methyl sites for hydroxylation is 1. The van der Waals surface area contributed by atoms with Gasteiger partial charge in [0.2, 0.25) is 9.05 Å². The van der Waals surface area contributed by atoms with Gasteiger partial charge in [0.1, 0.15) is 0 Å². The van der Waals surface area contributed by atoms with Gasteiger partial charge in [0.25, 0.3) is 0 Å². The first-order chi connectivity index (χ1) is 6.43. The normalized spacial score (nSPS) is 19.6. The number of hydrogen-bond donors (Lipinski definition) is 0. The van der Waals surface area contributed by atoms with Crippen LogP contribution in [-0.4, -0.2) is 18.1 Å². The Labute approximate surface area is 91.5 Å². The highest BCUT2D eigenvalue weighted by atomic mass is 35.7. The minimum atomic E-state index is -3.44. The van der Waals surface area contributed by atoms with Crippen molar-refractivity contribution in [3.8, 4) is 0 Å². The molecule has 0 radical (unpaired) electrons. The molecule has 0 amide bonds. The Bertz CT molecular complexity index is 448. The molecule has 0 bridgehead atoms. The summed E-state index contributed by atoms with van der Waals surface area (Å²) < 4.78 is 21.8. The van der Waals surface area contributed by atoms with Gasteiger partial charge >= 0.3 is 0 Å². The quantitative estimate of drug-likeness (QED) is 0.773. The van der Waals surface area contributed by atoms with E-state index in [2.05, 4.69) is 4.98 Å². The average Bonchev–Trinajstić information content (AvgIpc) is 2.71. The Morgan fingerprint density at radius 2 is 2.29 bits per heavy atom. The number of rotatable bonds is 3. The van der Waals surface area contributed by atoms with E-state index in [1.165, 1.54) is 11.3 Å². The van der Waals surface area contributed by atoms with Crippen LogP contribution >= 0.6 is 22.0 Å². The molecule has 0 N–H and O–H groups in total. The van der Waals surface area contributed by atoms with Gasteiger partial charge in [0.15, 0.2) is 0 Å². The molecular formula is C8H10ClNO2S2. The Hall–Kier alpha value is -0.130. The molecule has 0 spiro atoms. The van der Waals surface area contributed by atoms with E-state index in [4.69, 9.17) is 10.7 Å². The van der Waals surface area contributed by atoms with E-state index < -0.39 is 13.8 Å². The van der Waals surface area contributed by atoms with Crippen molar-refractivity contribution in [2.45, 2.75) is 30.9 Å². The number of hydrogen-bond acceptors (Lipinski definition) is 4. The Morgan fingerprint density at radius 1 is 1.64 bits per heavy atom. The van der Waals surface area contributed by atoms with Crippen LogP contribution in [0.15, 0.2) is 5.38 Å². The molecule has 2 rings (SSSR count). The van der Waals surface area contributed by atoms with Crippen LogP contribution < -0.4 is 0 Å². The van der Waals surface area contributed by atoms with Gasteiger partial charge in [-0.15, -0.1) is 11.3 Å². The summed E-state index contributed by atoms with van der Waals surface area (Å²) in [6, 6.07) is 0. The molecule has 1 aromatic rings. The second kappa shape index (κ2) is 3.18. The van der Waals surface area contributed by atoms with Gasteiger partial charge in [0.05, 0.1) is 15.4 Å². The lowest BCUT2D eigenvalue weighted by atomic mass is 10.2. The van der Waals surface area contributed by atoms with Crippen LogP contribution in [0.2, 0.25) is 0 Å². The van der Waals surface area contributed by atoms with Crippen LogP contribution in [-0.2, 0) is 15.5 Å². The Kier molecular flexibility index (Phi) is 2.36. The number of halogens is 1. The summed E-state index contributed by atoms with van der Waals surface area (Å²) in [5.74, 6) is 0. The highest BCUT2D eigenvalue weighted by Gasteiger charge is 2.54. The van der Waals surface area contributed by atoms with Crippen molar-refractivity contribution < 1.29 is 8.42 Å². The van der Waals surface area contributed by atoms with Crippen LogP contribution in [0.4, 0.5) is 0 Å². The zero-order chi connectivity index (χ0) is 10.4. The number of nitrogens with zero attached hydrogens (tertiary/aromatic N) is 1. The Balaban J connectivity index is 2.20. The molecule has 6 heteroatoms. The largest absolute Gasteiger partial charge is 0.247 e. The van der Waals surface area contributed by atoms with E-state index in [1.54, 1.807) is 0 Å². The zero-order valence-electron chi connectivity index (χ0n) is 7.66. The summed E-state index contributed by atoms with van der Waals surface area (Å²) in [7, 11) is 1.95. The zero-order valence-corrected chi connectivity index (χ0v) is 10.0. The van der Waals surface area contributed by atoms with E-state index in [1.807, 2.05) is 12.3 Å². The molecule has 3 nitrogen and oxygen atoms in total. The molecule has 1 fully saturated rings. The summed E-state index contributed by atoms with van der Waals surface area (Å²) in [4.78, 5) is 4.24. The maximum absolute atomic E-state index is 11.3. The summed E-state index contributed by atoms with van der Waals surface area (Å²) in [5.41, 5.74) is 0.842. The minimum Gasteiger partial charge on any atom is -0.247 e. The van der Waals surface area contributed by atoms with Gasteiger partial charge in [-0.3, -0.25) is 0 Å². The summed E-state index contributed by atoms with van der Waals surface area (Å²) >= 11 is 1.53. The van der Waals surface area contributed by atoms with Crippen LogP contribution in [0, 0.1) is 6.92 Å². The van der Waals surface area contributed by atoms with Gasteiger partial charge in [-0.25, -0.2) is 13.4 Å². The van der Waals surface area contributed by atoms with E-state index in [0.29, 0.717) is 19.3 Å². The molecule has 14 heavy (non-hydrogen) atoms. The third-order valence-electron chi connectivity index (χ3n) is 2.49. The highest BCUT2D eigenvalue weighted by Crippen LogP contribution is 2.48. The second-order valence-corrected chi connectivity index (χ2v) is 7.68. The van der Waals surface area contributed by atoms with E-state index >= 15 is 0 Å². The monoisotopic (exact) mass is 251 g/mol. The summed E-state index contributed by atoms with van der Waals surface area (Å²) in [6.45, 7) is 1.91. The predicted octanol–water partition coefficient (Wildman–Crippen LogP) is 2.10. The molecule has 0 aromatic carbocycles. The van der Waals surface area contributed by atoms with Crippen molar-refractivity contribution in [3.05, 3.63) is 16.1 Å². The molecule has 1 heterocycles. The Morgan fingerprint density at radius 3 is 2.64 bits per heavy atom. The van der Waals surface area contributed by atoms with Crippen LogP contribution in [0.5, 0.6) is 0 Å². The molecule has 78 valence electrons. The van der Waals surface area contributed by atoms with E-state index in [9.17, 15) is 8.42 Å². The number of thiazole rings is 1. The van der Waals surface area contributed by atoms with Gasteiger partial charge in [-0.05, 0) is 19.8 Å². The van der Waals surface area contributed by atoms with Crippen molar-refractivity contribution in [2.75, 3.05) is 0 Å². The summed E-state index contributed by atoms with van der Waals surface area (Å²) in [6.07, 6.45) is 1.79. The van der Waals surface area contributed by atoms with Gasteiger partial charge < -0.3 is 0 Å². The third kappa shape index (κ3) is 1.81. The molecule has 0 saturated heterocycles. The minimum absolute atomic E-state index is 0.461. The van der Waals surface area contributed by atoms with E-state index in [-0.39, 0.29) is 0 Å². The first kappa shape index (κ1) is 10.4. The fourth-order valence-electron chi connectivity index (χ4n) is 1.47. The first-order valence-electron chi connectivity index (χ1n) is 4.28. The van der Waals surface area contributed by atoms with Crippen molar-refractivity contribution in [1.29, 1.82) is 0 Å². The maximum atomic E-state index is 11.3.